The van der Waals surface area contributed by atoms with Crippen LogP contribution in [-0.4, -0.2) is 37.1 Å². The molecule has 0 radical (unpaired) electrons. The highest BCUT2D eigenvalue weighted by Crippen LogP contribution is 2.24. The predicted molar refractivity (Wildman–Crippen MR) is 62.4 cm³/mol. The standard InChI is InChI=1S/C12H15NO3/c1-13(2)12(15)7-5-9-4-6-10(16-3)8-11(9)14/h4-8,14H,1-3H3. The lowest BCUT2D eigenvalue weighted by molar-refractivity contribution is -0.123. The Morgan fingerprint density at radius 3 is 2.62 bits per heavy atom. The third-order valence-corrected chi connectivity index (χ3v) is 2.08. The summed E-state index contributed by atoms with van der Waals surface area (Å²) in [6, 6.07) is 4.91. The Morgan fingerprint density at radius 2 is 2.12 bits per heavy atom. The molecule has 1 rings (SSSR count). The molecule has 0 unspecified atom stereocenters. The topological polar surface area (TPSA) is 49.8 Å². The lowest BCUT2D eigenvalue weighted by atomic mass is 10.1. The number of phenolic OH excluding ortho intramolecular Hbond substituents is 1. The second-order valence-electron chi connectivity index (χ2n) is 3.49. The summed E-state index contributed by atoms with van der Waals surface area (Å²) in [7, 11) is 4.86. The Hall–Kier alpha value is -1.97. The van der Waals surface area contributed by atoms with Crippen LogP contribution in [0, 0.1) is 0 Å². The van der Waals surface area contributed by atoms with Crippen molar-refractivity contribution in [3.05, 3.63) is 29.8 Å². The summed E-state index contributed by atoms with van der Waals surface area (Å²) in [5.41, 5.74) is 0.580. The van der Waals surface area contributed by atoms with Gasteiger partial charge in [-0.1, -0.05) is 0 Å². The minimum atomic E-state index is -0.129. The van der Waals surface area contributed by atoms with E-state index in [-0.39, 0.29) is 11.7 Å². The van der Waals surface area contributed by atoms with Gasteiger partial charge in [0, 0.05) is 31.8 Å². The van der Waals surface area contributed by atoms with Gasteiger partial charge in [0.15, 0.2) is 0 Å². The SMILES string of the molecule is COc1ccc(C=CC(=O)N(C)C)c(O)c1. The van der Waals surface area contributed by atoms with Gasteiger partial charge >= 0.3 is 0 Å². The Kier molecular flexibility index (Phi) is 3.94. The first-order valence-corrected chi connectivity index (χ1v) is 4.81. The minimum absolute atomic E-state index is 0.0853. The average Bonchev–Trinajstić information content (AvgIpc) is 2.26. The first kappa shape index (κ1) is 12.1. The van der Waals surface area contributed by atoms with Gasteiger partial charge in [-0.25, -0.2) is 0 Å². The smallest absolute Gasteiger partial charge is 0.246 e. The van der Waals surface area contributed by atoms with E-state index in [2.05, 4.69) is 0 Å². The predicted octanol–water partition coefficient (Wildman–Crippen LogP) is 1.50. The number of aromatic hydroxyl groups is 1. The molecule has 86 valence electrons. The normalized spacial score (nSPS) is 10.4. The van der Waals surface area contributed by atoms with Crippen molar-refractivity contribution in [2.24, 2.45) is 0 Å². The highest BCUT2D eigenvalue weighted by molar-refractivity contribution is 5.91. The molecule has 1 aromatic carbocycles. The van der Waals surface area contributed by atoms with Crippen molar-refractivity contribution < 1.29 is 14.6 Å². The van der Waals surface area contributed by atoms with Gasteiger partial charge < -0.3 is 14.7 Å². The van der Waals surface area contributed by atoms with Crippen LogP contribution < -0.4 is 4.74 Å². The van der Waals surface area contributed by atoms with Crippen LogP contribution in [0.15, 0.2) is 24.3 Å². The fourth-order valence-electron chi connectivity index (χ4n) is 1.10. The number of carbonyl (C=O) groups is 1. The molecule has 0 aliphatic carbocycles. The van der Waals surface area contributed by atoms with E-state index in [1.165, 1.54) is 24.2 Å². The van der Waals surface area contributed by atoms with E-state index in [0.717, 1.165) is 0 Å². The molecule has 0 saturated carbocycles. The highest BCUT2D eigenvalue weighted by atomic mass is 16.5. The molecule has 0 spiro atoms. The van der Waals surface area contributed by atoms with Crippen molar-refractivity contribution in [1.82, 2.24) is 4.90 Å². The summed E-state index contributed by atoms with van der Waals surface area (Å²) in [6.45, 7) is 0. The molecule has 0 aromatic heterocycles. The first-order chi connectivity index (χ1) is 7.54. The number of nitrogens with zero attached hydrogens (tertiary/aromatic N) is 1. The van der Waals surface area contributed by atoms with Gasteiger partial charge in [0.05, 0.1) is 7.11 Å². The van der Waals surface area contributed by atoms with Crippen molar-refractivity contribution in [3.63, 3.8) is 0 Å². The maximum Gasteiger partial charge on any atom is 0.246 e. The molecule has 16 heavy (non-hydrogen) atoms. The molecule has 0 bridgehead atoms. The van der Waals surface area contributed by atoms with E-state index >= 15 is 0 Å². The molecule has 4 nitrogen and oxygen atoms in total. The third-order valence-electron chi connectivity index (χ3n) is 2.08. The van der Waals surface area contributed by atoms with Gasteiger partial charge in [-0.15, -0.1) is 0 Å². The fraction of sp³-hybridized carbons (Fsp3) is 0.250. The number of hydrogen-bond donors (Lipinski definition) is 1. The number of ether oxygens (including phenoxy) is 1. The first-order valence-electron chi connectivity index (χ1n) is 4.81. The monoisotopic (exact) mass is 221 g/mol. The number of hydrogen-bond acceptors (Lipinski definition) is 3. The summed E-state index contributed by atoms with van der Waals surface area (Å²) in [5.74, 6) is 0.533. The zero-order valence-corrected chi connectivity index (χ0v) is 9.60. The second kappa shape index (κ2) is 5.21. The van der Waals surface area contributed by atoms with Crippen LogP contribution >= 0.6 is 0 Å². The van der Waals surface area contributed by atoms with E-state index in [0.29, 0.717) is 11.3 Å². The molecule has 1 amide bonds. The maximum atomic E-state index is 11.3. The van der Waals surface area contributed by atoms with E-state index < -0.39 is 0 Å². The molecular formula is C12H15NO3. The van der Waals surface area contributed by atoms with E-state index in [9.17, 15) is 9.90 Å². The van der Waals surface area contributed by atoms with Crippen LogP contribution in [0.25, 0.3) is 6.08 Å². The fourth-order valence-corrected chi connectivity index (χ4v) is 1.10. The summed E-state index contributed by atoms with van der Waals surface area (Å²) in [5, 5.41) is 9.62. The molecule has 4 heteroatoms. The van der Waals surface area contributed by atoms with Gasteiger partial charge in [-0.2, -0.15) is 0 Å². The van der Waals surface area contributed by atoms with Gasteiger partial charge in [-0.05, 0) is 18.2 Å². The molecule has 0 heterocycles. The van der Waals surface area contributed by atoms with Crippen LogP contribution in [0.1, 0.15) is 5.56 Å². The van der Waals surface area contributed by atoms with E-state index in [1.54, 1.807) is 32.3 Å². The van der Waals surface area contributed by atoms with Gasteiger partial charge in [-0.3, -0.25) is 4.79 Å². The molecule has 0 atom stereocenters. The summed E-state index contributed by atoms with van der Waals surface area (Å²) in [6.07, 6.45) is 2.97. The zero-order chi connectivity index (χ0) is 12.1. The van der Waals surface area contributed by atoms with E-state index in [1.807, 2.05) is 0 Å². The van der Waals surface area contributed by atoms with Crippen LogP contribution in [0.2, 0.25) is 0 Å². The van der Waals surface area contributed by atoms with Crippen molar-refractivity contribution in [2.75, 3.05) is 21.2 Å². The molecule has 1 N–H and O–H groups in total. The van der Waals surface area contributed by atoms with Crippen molar-refractivity contribution in [2.45, 2.75) is 0 Å². The molecule has 0 saturated heterocycles. The average molecular weight is 221 g/mol. The largest absolute Gasteiger partial charge is 0.507 e. The van der Waals surface area contributed by atoms with Gasteiger partial charge in [0.25, 0.3) is 0 Å². The lowest BCUT2D eigenvalue weighted by Gasteiger charge is -2.06. The van der Waals surface area contributed by atoms with Crippen LogP contribution in [0.5, 0.6) is 11.5 Å². The molecule has 0 aliphatic heterocycles. The molecular weight excluding hydrogens is 206 g/mol. The highest BCUT2D eigenvalue weighted by Gasteiger charge is 2.01. The van der Waals surface area contributed by atoms with Crippen molar-refractivity contribution in [1.29, 1.82) is 0 Å². The number of likely N-dealkylation sites (N-methyl/N-ethyl adjacent to an activating group) is 1. The quantitative estimate of drug-likeness (QED) is 0.787. The Morgan fingerprint density at radius 1 is 1.44 bits per heavy atom. The minimum Gasteiger partial charge on any atom is -0.507 e. The number of amides is 1. The molecule has 1 aromatic rings. The summed E-state index contributed by atoms with van der Waals surface area (Å²) >= 11 is 0. The number of methoxy groups -OCH3 is 1. The second-order valence-corrected chi connectivity index (χ2v) is 3.49. The van der Waals surface area contributed by atoms with Crippen molar-refractivity contribution in [3.8, 4) is 11.5 Å². The zero-order valence-electron chi connectivity index (χ0n) is 9.60. The van der Waals surface area contributed by atoms with Crippen LogP contribution in [0.4, 0.5) is 0 Å². The Bertz CT molecular complexity index is 411. The van der Waals surface area contributed by atoms with Crippen LogP contribution in [0.3, 0.4) is 0 Å². The van der Waals surface area contributed by atoms with Crippen molar-refractivity contribution >= 4 is 12.0 Å². The summed E-state index contributed by atoms with van der Waals surface area (Å²) < 4.78 is 4.95. The lowest BCUT2D eigenvalue weighted by Crippen LogP contribution is -2.18. The molecule has 0 aliphatic rings. The van der Waals surface area contributed by atoms with Gasteiger partial charge in [0.2, 0.25) is 5.91 Å². The number of phenols is 1. The number of rotatable bonds is 3. The molecule has 0 fully saturated rings. The van der Waals surface area contributed by atoms with Gasteiger partial charge in [0.1, 0.15) is 11.5 Å². The number of carbonyl (C=O) groups excluding carboxylic acids is 1. The van der Waals surface area contributed by atoms with Crippen LogP contribution in [-0.2, 0) is 4.79 Å². The third kappa shape index (κ3) is 3.02. The van der Waals surface area contributed by atoms with E-state index in [4.69, 9.17) is 4.74 Å². The Labute approximate surface area is 94.8 Å². The number of benzene rings is 1. The Balaban J connectivity index is 2.86. The maximum absolute atomic E-state index is 11.3. The summed E-state index contributed by atoms with van der Waals surface area (Å²) in [4.78, 5) is 12.7.